The predicted molar refractivity (Wildman–Crippen MR) is 83.9 cm³/mol. The van der Waals surface area contributed by atoms with Crippen molar-refractivity contribution >= 4 is 0 Å². The van der Waals surface area contributed by atoms with Crippen molar-refractivity contribution in [2.24, 2.45) is 0 Å². The summed E-state index contributed by atoms with van der Waals surface area (Å²) in [5.41, 5.74) is 1.29. The van der Waals surface area contributed by atoms with E-state index in [0.717, 1.165) is 19.6 Å². The molecule has 2 atom stereocenters. The molecule has 1 aliphatic heterocycles. The molecule has 1 heterocycles. The summed E-state index contributed by atoms with van der Waals surface area (Å²) in [4.78, 5) is 2.62. The number of nitrogens with one attached hydrogen (secondary N) is 1. The largest absolute Gasteiger partial charge is 0.508 e. The van der Waals surface area contributed by atoms with Gasteiger partial charge in [0, 0.05) is 31.7 Å². The molecule has 0 spiro atoms. The normalized spacial score (nSPS) is 23.9. The summed E-state index contributed by atoms with van der Waals surface area (Å²) in [7, 11) is 0. The van der Waals surface area contributed by atoms with E-state index in [9.17, 15) is 5.11 Å². The van der Waals surface area contributed by atoms with Gasteiger partial charge in [0.05, 0.1) is 0 Å². The van der Waals surface area contributed by atoms with Gasteiger partial charge in [-0.1, -0.05) is 38.8 Å². The number of hydrogen-bond acceptors (Lipinski definition) is 3. The Morgan fingerprint density at radius 3 is 2.50 bits per heavy atom. The molecular weight excluding hydrogens is 248 g/mol. The molecule has 0 bridgehead atoms. The third-order valence-electron chi connectivity index (χ3n) is 4.19. The molecule has 1 aromatic rings. The Morgan fingerprint density at radius 1 is 1.15 bits per heavy atom. The number of benzene rings is 1. The van der Waals surface area contributed by atoms with Crippen LogP contribution in [0.25, 0.3) is 0 Å². The fourth-order valence-electron chi connectivity index (χ4n) is 3.12. The van der Waals surface area contributed by atoms with E-state index in [-0.39, 0.29) is 0 Å². The number of phenolic OH excluding ortho intramolecular Hbond substituents is 1. The topological polar surface area (TPSA) is 35.5 Å². The van der Waals surface area contributed by atoms with E-state index in [1.807, 2.05) is 12.1 Å². The highest BCUT2D eigenvalue weighted by Crippen LogP contribution is 2.19. The molecule has 0 aromatic heterocycles. The summed E-state index contributed by atoms with van der Waals surface area (Å²) in [6.07, 6.45) is 4.98. The maximum Gasteiger partial charge on any atom is 0.115 e. The zero-order valence-corrected chi connectivity index (χ0v) is 12.8. The van der Waals surface area contributed by atoms with Gasteiger partial charge in [-0.3, -0.25) is 4.90 Å². The van der Waals surface area contributed by atoms with Crippen LogP contribution >= 0.6 is 0 Å². The van der Waals surface area contributed by atoms with Crippen molar-refractivity contribution in [2.45, 2.75) is 58.2 Å². The summed E-state index contributed by atoms with van der Waals surface area (Å²) in [5.74, 6) is 0.350. The lowest BCUT2D eigenvalue weighted by atomic mass is 10.0. The Balaban J connectivity index is 2.00. The fourth-order valence-corrected chi connectivity index (χ4v) is 3.12. The first-order chi connectivity index (χ1) is 9.72. The Labute approximate surface area is 123 Å². The molecule has 2 unspecified atom stereocenters. The Bertz CT molecular complexity index is 390. The van der Waals surface area contributed by atoms with Crippen molar-refractivity contribution in [2.75, 3.05) is 13.1 Å². The highest BCUT2D eigenvalue weighted by atomic mass is 16.3. The lowest BCUT2D eigenvalue weighted by molar-refractivity contribution is 0.112. The van der Waals surface area contributed by atoms with Crippen molar-refractivity contribution in [3.8, 4) is 5.75 Å². The molecule has 0 saturated carbocycles. The number of phenols is 1. The second kappa shape index (κ2) is 7.65. The van der Waals surface area contributed by atoms with Gasteiger partial charge in [0.1, 0.15) is 5.75 Å². The minimum atomic E-state index is 0.350. The van der Waals surface area contributed by atoms with Gasteiger partial charge in [0.2, 0.25) is 0 Å². The Morgan fingerprint density at radius 2 is 1.85 bits per heavy atom. The maximum atomic E-state index is 9.39. The Kier molecular flexibility index (Phi) is 5.86. The van der Waals surface area contributed by atoms with Gasteiger partial charge in [-0.25, -0.2) is 0 Å². The highest BCUT2D eigenvalue weighted by molar-refractivity contribution is 5.25. The monoisotopic (exact) mass is 276 g/mol. The second-order valence-electron chi connectivity index (χ2n) is 5.93. The number of rotatable bonds is 6. The Hall–Kier alpha value is -1.06. The molecule has 3 nitrogen and oxygen atoms in total. The van der Waals surface area contributed by atoms with E-state index < -0.39 is 0 Å². The second-order valence-corrected chi connectivity index (χ2v) is 5.93. The van der Waals surface area contributed by atoms with Gasteiger partial charge < -0.3 is 10.4 Å². The van der Waals surface area contributed by atoms with Crippen LogP contribution in [-0.2, 0) is 6.54 Å². The van der Waals surface area contributed by atoms with Crippen LogP contribution in [0, 0.1) is 0 Å². The highest BCUT2D eigenvalue weighted by Gasteiger charge is 2.26. The average Bonchev–Trinajstić information content (AvgIpc) is 2.45. The lowest BCUT2D eigenvalue weighted by Crippen LogP contribution is -2.55. The van der Waals surface area contributed by atoms with Crippen LogP contribution < -0.4 is 5.32 Å². The molecule has 1 aliphatic rings. The molecular formula is C17H28N2O. The van der Waals surface area contributed by atoms with E-state index in [1.54, 1.807) is 12.1 Å². The standard InChI is InChI=1S/C17H28N2O/c1-3-5-15-13-19(16(6-4-2)11-18-15)12-14-7-9-17(20)10-8-14/h7-10,15-16,18,20H,3-6,11-13H2,1-2H3. The number of piperazine rings is 1. The summed E-state index contributed by atoms with van der Waals surface area (Å²) >= 11 is 0. The first-order valence-corrected chi connectivity index (χ1v) is 7.98. The van der Waals surface area contributed by atoms with Crippen LogP contribution in [0.5, 0.6) is 5.75 Å². The summed E-state index contributed by atoms with van der Waals surface area (Å²) < 4.78 is 0. The molecule has 0 amide bonds. The minimum Gasteiger partial charge on any atom is -0.508 e. The van der Waals surface area contributed by atoms with Crippen molar-refractivity contribution in [1.82, 2.24) is 10.2 Å². The van der Waals surface area contributed by atoms with Crippen LogP contribution in [0.15, 0.2) is 24.3 Å². The third kappa shape index (κ3) is 4.22. The van der Waals surface area contributed by atoms with Crippen molar-refractivity contribution in [1.29, 1.82) is 0 Å². The van der Waals surface area contributed by atoms with Crippen LogP contribution in [0.1, 0.15) is 45.1 Å². The molecule has 1 fully saturated rings. The van der Waals surface area contributed by atoms with Gasteiger partial charge in [-0.05, 0) is 30.5 Å². The van der Waals surface area contributed by atoms with Crippen LogP contribution in [0.4, 0.5) is 0 Å². The van der Waals surface area contributed by atoms with Gasteiger partial charge >= 0.3 is 0 Å². The number of hydrogen-bond donors (Lipinski definition) is 2. The van der Waals surface area contributed by atoms with E-state index in [1.165, 1.54) is 31.2 Å². The van der Waals surface area contributed by atoms with Gasteiger partial charge in [-0.2, -0.15) is 0 Å². The van der Waals surface area contributed by atoms with Gasteiger partial charge in [0.25, 0.3) is 0 Å². The van der Waals surface area contributed by atoms with Crippen molar-refractivity contribution < 1.29 is 5.11 Å². The zero-order chi connectivity index (χ0) is 14.4. The number of nitrogens with zero attached hydrogens (tertiary/aromatic N) is 1. The molecule has 3 heteroatoms. The summed E-state index contributed by atoms with van der Waals surface area (Å²) in [6, 6.07) is 8.92. The van der Waals surface area contributed by atoms with E-state index in [4.69, 9.17) is 0 Å². The first kappa shape index (κ1) is 15.3. The van der Waals surface area contributed by atoms with E-state index in [2.05, 4.69) is 24.1 Å². The molecule has 2 N–H and O–H groups in total. The van der Waals surface area contributed by atoms with Crippen molar-refractivity contribution in [3.05, 3.63) is 29.8 Å². The van der Waals surface area contributed by atoms with Crippen LogP contribution in [-0.4, -0.2) is 35.2 Å². The zero-order valence-electron chi connectivity index (χ0n) is 12.8. The minimum absolute atomic E-state index is 0.350. The summed E-state index contributed by atoms with van der Waals surface area (Å²) in [5, 5.41) is 13.1. The number of aromatic hydroxyl groups is 1. The maximum absolute atomic E-state index is 9.39. The summed E-state index contributed by atoms with van der Waals surface area (Å²) in [6.45, 7) is 7.75. The SMILES string of the molecule is CCCC1CN(Cc2ccc(O)cc2)C(CCC)CN1. The van der Waals surface area contributed by atoms with Gasteiger partial charge in [0.15, 0.2) is 0 Å². The molecule has 2 rings (SSSR count). The molecule has 1 aromatic carbocycles. The van der Waals surface area contributed by atoms with Crippen LogP contribution in [0.3, 0.4) is 0 Å². The average molecular weight is 276 g/mol. The molecule has 20 heavy (non-hydrogen) atoms. The smallest absolute Gasteiger partial charge is 0.115 e. The fraction of sp³-hybridized carbons (Fsp3) is 0.647. The third-order valence-corrected chi connectivity index (χ3v) is 4.19. The predicted octanol–water partition coefficient (Wildman–Crippen LogP) is 3.13. The van der Waals surface area contributed by atoms with E-state index >= 15 is 0 Å². The quantitative estimate of drug-likeness (QED) is 0.838. The van der Waals surface area contributed by atoms with E-state index in [0.29, 0.717) is 17.8 Å². The first-order valence-electron chi connectivity index (χ1n) is 7.98. The van der Waals surface area contributed by atoms with Crippen molar-refractivity contribution in [3.63, 3.8) is 0 Å². The molecule has 0 aliphatic carbocycles. The van der Waals surface area contributed by atoms with Crippen LogP contribution in [0.2, 0.25) is 0 Å². The molecule has 0 radical (unpaired) electrons. The molecule has 1 saturated heterocycles. The molecule has 112 valence electrons. The van der Waals surface area contributed by atoms with Gasteiger partial charge in [-0.15, -0.1) is 0 Å². The lowest BCUT2D eigenvalue weighted by Gasteiger charge is -2.40.